The Kier molecular flexibility index (Phi) is 3.36. The zero-order valence-electron chi connectivity index (χ0n) is 10.8. The molecule has 0 unspecified atom stereocenters. The van der Waals surface area contributed by atoms with Crippen molar-refractivity contribution in [1.29, 1.82) is 0 Å². The third-order valence-corrected chi connectivity index (χ3v) is 3.17. The van der Waals surface area contributed by atoms with Gasteiger partial charge in [0.15, 0.2) is 23.7 Å². The lowest BCUT2D eigenvalue weighted by molar-refractivity contribution is 0.110. The molecule has 21 heavy (non-hydrogen) atoms. The number of carbonyl (C=O) groups excluding carboxylic acids is 1. The molecule has 4 heteroatoms. The Morgan fingerprint density at radius 3 is 2.29 bits per heavy atom. The highest BCUT2D eigenvalue weighted by atomic mass is 19.2. The standard InChI is InChI=1S/C17H10F2O2/c18-15-7-5-11(9-16(15)19)13-3-1-2-4-14(13)17-8-6-12(10-20)21-17/h1-10H. The van der Waals surface area contributed by atoms with Crippen molar-refractivity contribution < 1.29 is 18.0 Å². The second-order valence-electron chi connectivity index (χ2n) is 4.49. The maximum absolute atomic E-state index is 13.4. The van der Waals surface area contributed by atoms with Gasteiger partial charge in [0.05, 0.1) is 0 Å². The quantitative estimate of drug-likeness (QED) is 0.652. The molecule has 0 aliphatic rings. The normalized spacial score (nSPS) is 10.6. The molecule has 0 N–H and O–H groups in total. The Bertz CT molecular complexity index is 806. The first-order chi connectivity index (χ1) is 10.2. The molecule has 0 fully saturated rings. The summed E-state index contributed by atoms with van der Waals surface area (Å²) in [7, 11) is 0. The van der Waals surface area contributed by atoms with Crippen molar-refractivity contribution in [2.24, 2.45) is 0 Å². The molecule has 2 nitrogen and oxygen atoms in total. The molecule has 1 heterocycles. The molecule has 1 aromatic heterocycles. The number of furan rings is 1. The van der Waals surface area contributed by atoms with Crippen LogP contribution in [0.4, 0.5) is 8.78 Å². The Morgan fingerprint density at radius 2 is 1.62 bits per heavy atom. The van der Waals surface area contributed by atoms with Crippen LogP contribution in [0, 0.1) is 11.6 Å². The molecular weight excluding hydrogens is 274 g/mol. The highest BCUT2D eigenvalue weighted by Crippen LogP contribution is 2.33. The first kappa shape index (κ1) is 13.2. The summed E-state index contributed by atoms with van der Waals surface area (Å²) in [5.41, 5.74) is 1.94. The van der Waals surface area contributed by atoms with Crippen LogP contribution in [-0.4, -0.2) is 6.29 Å². The molecule has 3 aromatic rings. The first-order valence-electron chi connectivity index (χ1n) is 6.29. The van der Waals surface area contributed by atoms with Crippen molar-refractivity contribution in [2.75, 3.05) is 0 Å². The summed E-state index contributed by atoms with van der Waals surface area (Å²) in [5, 5.41) is 0. The average molecular weight is 284 g/mol. The van der Waals surface area contributed by atoms with Crippen LogP contribution in [0.15, 0.2) is 59.0 Å². The van der Waals surface area contributed by atoms with Gasteiger partial charge in [-0.05, 0) is 35.4 Å². The Labute approximate surface area is 119 Å². The van der Waals surface area contributed by atoms with Gasteiger partial charge in [-0.2, -0.15) is 0 Å². The third kappa shape index (κ3) is 2.48. The molecule has 0 saturated heterocycles. The van der Waals surface area contributed by atoms with Gasteiger partial charge in [0.25, 0.3) is 0 Å². The second-order valence-corrected chi connectivity index (χ2v) is 4.49. The molecular formula is C17H10F2O2. The maximum atomic E-state index is 13.4. The molecule has 0 aliphatic carbocycles. The van der Waals surface area contributed by atoms with Gasteiger partial charge < -0.3 is 4.42 Å². The minimum absolute atomic E-state index is 0.213. The lowest BCUT2D eigenvalue weighted by Crippen LogP contribution is -1.88. The zero-order valence-corrected chi connectivity index (χ0v) is 10.8. The summed E-state index contributed by atoms with van der Waals surface area (Å²) in [6, 6.07) is 14.1. The van der Waals surface area contributed by atoms with E-state index in [1.807, 2.05) is 6.07 Å². The van der Waals surface area contributed by atoms with Gasteiger partial charge in [-0.1, -0.05) is 30.3 Å². The van der Waals surface area contributed by atoms with Crippen LogP contribution >= 0.6 is 0 Å². The van der Waals surface area contributed by atoms with E-state index >= 15 is 0 Å². The van der Waals surface area contributed by atoms with E-state index in [1.54, 1.807) is 30.3 Å². The van der Waals surface area contributed by atoms with Gasteiger partial charge in [-0.15, -0.1) is 0 Å². The van der Waals surface area contributed by atoms with Crippen LogP contribution in [0.1, 0.15) is 10.6 Å². The van der Waals surface area contributed by atoms with Crippen LogP contribution in [0.2, 0.25) is 0 Å². The van der Waals surface area contributed by atoms with E-state index < -0.39 is 11.6 Å². The molecule has 0 atom stereocenters. The van der Waals surface area contributed by atoms with E-state index in [4.69, 9.17) is 4.42 Å². The van der Waals surface area contributed by atoms with Gasteiger partial charge in [-0.3, -0.25) is 4.79 Å². The van der Waals surface area contributed by atoms with Crippen LogP contribution in [0.25, 0.3) is 22.5 Å². The van der Waals surface area contributed by atoms with Crippen molar-refractivity contribution in [3.8, 4) is 22.5 Å². The topological polar surface area (TPSA) is 30.2 Å². The fraction of sp³-hybridized carbons (Fsp3) is 0. The minimum atomic E-state index is -0.907. The summed E-state index contributed by atoms with van der Waals surface area (Å²) in [6.07, 6.45) is 0.615. The van der Waals surface area contributed by atoms with Crippen molar-refractivity contribution in [3.63, 3.8) is 0 Å². The molecule has 3 rings (SSSR count). The van der Waals surface area contributed by atoms with Gasteiger partial charge in [-0.25, -0.2) is 8.78 Å². The van der Waals surface area contributed by atoms with E-state index in [0.29, 0.717) is 28.7 Å². The molecule has 0 spiro atoms. The largest absolute Gasteiger partial charge is 0.453 e. The summed E-state index contributed by atoms with van der Waals surface area (Å²) >= 11 is 0. The summed E-state index contributed by atoms with van der Waals surface area (Å²) in [5.74, 6) is -1.09. The Hall–Kier alpha value is -2.75. The summed E-state index contributed by atoms with van der Waals surface area (Å²) in [4.78, 5) is 10.7. The van der Waals surface area contributed by atoms with Crippen LogP contribution in [0.3, 0.4) is 0 Å². The highest BCUT2D eigenvalue weighted by Gasteiger charge is 2.12. The van der Waals surface area contributed by atoms with E-state index in [0.717, 1.165) is 12.1 Å². The molecule has 0 aliphatic heterocycles. The Morgan fingerprint density at radius 1 is 0.857 bits per heavy atom. The fourth-order valence-electron chi connectivity index (χ4n) is 2.17. The fourth-order valence-corrected chi connectivity index (χ4v) is 2.17. The van der Waals surface area contributed by atoms with E-state index in [-0.39, 0.29) is 5.76 Å². The van der Waals surface area contributed by atoms with Crippen LogP contribution < -0.4 is 0 Å². The Balaban J connectivity index is 2.15. The van der Waals surface area contributed by atoms with E-state index in [1.165, 1.54) is 6.07 Å². The number of carbonyl (C=O) groups is 1. The van der Waals surface area contributed by atoms with Gasteiger partial charge in [0.1, 0.15) is 5.76 Å². The van der Waals surface area contributed by atoms with Gasteiger partial charge >= 0.3 is 0 Å². The van der Waals surface area contributed by atoms with Crippen LogP contribution in [-0.2, 0) is 0 Å². The molecule has 0 bridgehead atoms. The SMILES string of the molecule is O=Cc1ccc(-c2ccccc2-c2ccc(F)c(F)c2)o1. The maximum Gasteiger partial charge on any atom is 0.185 e. The molecule has 104 valence electrons. The predicted octanol–water partition coefficient (Wildman–Crippen LogP) is 4.70. The highest BCUT2D eigenvalue weighted by molar-refractivity contribution is 5.82. The lowest BCUT2D eigenvalue weighted by Gasteiger charge is -2.08. The monoisotopic (exact) mass is 284 g/mol. The number of benzene rings is 2. The smallest absolute Gasteiger partial charge is 0.185 e. The van der Waals surface area contributed by atoms with Crippen molar-refractivity contribution in [2.45, 2.75) is 0 Å². The summed E-state index contributed by atoms with van der Waals surface area (Å²) < 4.78 is 31.9. The lowest BCUT2D eigenvalue weighted by atomic mass is 9.98. The molecule has 0 amide bonds. The van der Waals surface area contributed by atoms with E-state index in [2.05, 4.69) is 0 Å². The third-order valence-electron chi connectivity index (χ3n) is 3.17. The second kappa shape index (κ2) is 5.32. The minimum Gasteiger partial charge on any atom is -0.453 e. The molecule has 0 saturated carbocycles. The first-order valence-corrected chi connectivity index (χ1v) is 6.29. The molecule has 2 aromatic carbocycles. The average Bonchev–Trinajstić information content (AvgIpc) is 2.99. The zero-order chi connectivity index (χ0) is 14.8. The number of rotatable bonds is 3. The number of aldehydes is 1. The van der Waals surface area contributed by atoms with Crippen molar-refractivity contribution >= 4 is 6.29 Å². The van der Waals surface area contributed by atoms with Gasteiger partial charge in [0, 0.05) is 5.56 Å². The van der Waals surface area contributed by atoms with E-state index in [9.17, 15) is 13.6 Å². The van der Waals surface area contributed by atoms with Gasteiger partial charge in [0.2, 0.25) is 0 Å². The summed E-state index contributed by atoms with van der Waals surface area (Å²) in [6.45, 7) is 0. The molecule has 0 radical (unpaired) electrons. The van der Waals surface area contributed by atoms with Crippen molar-refractivity contribution in [3.05, 3.63) is 72.0 Å². The predicted molar refractivity (Wildman–Crippen MR) is 74.9 cm³/mol. The number of hydrogen-bond acceptors (Lipinski definition) is 2. The van der Waals surface area contributed by atoms with Crippen molar-refractivity contribution in [1.82, 2.24) is 0 Å². The number of halogens is 2. The number of hydrogen-bond donors (Lipinski definition) is 0. The van der Waals surface area contributed by atoms with Crippen LogP contribution in [0.5, 0.6) is 0 Å².